The van der Waals surface area contributed by atoms with Crippen LogP contribution in [0.3, 0.4) is 0 Å². The van der Waals surface area contributed by atoms with E-state index >= 15 is 0 Å². The summed E-state index contributed by atoms with van der Waals surface area (Å²) in [5.41, 5.74) is 7.91. The van der Waals surface area contributed by atoms with Crippen LogP contribution in [0.5, 0.6) is 0 Å². The van der Waals surface area contributed by atoms with Crippen LogP contribution in [0.4, 0.5) is 4.39 Å². The number of fused-ring (bicyclic) bond motifs is 1. The molecule has 0 saturated carbocycles. The Hall–Kier alpha value is -1.88. The van der Waals surface area contributed by atoms with E-state index < -0.39 is 5.91 Å². The second-order valence-corrected chi connectivity index (χ2v) is 5.37. The molecule has 0 saturated heterocycles. The Balaban J connectivity index is 2.10. The Morgan fingerprint density at radius 1 is 1.55 bits per heavy atom. The zero-order chi connectivity index (χ0) is 14.4. The first-order valence-electron chi connectivity index (χ1n) is 6.22. The smallest absolute Gasteiger partial charge is 0.287 e. The molecule has 0 bridgehead atoms. The highest BCUT2D eigenvalue weighted by Gasteiger charge is 2.32. The second kappa shape index (κ2) is 4.59. The molecular weight excluding hydrogens is 283 g/mol. The number of nitrogens with two attached hydrogens (primary N) is 1. The lowest BCUT2D eigenvalue weighted by Crippen LogP contribution is -2.11. The molecule has 0 aliphatic heterocycles. The Bertz CT molecular complexity index is 711. The van der Waals surface area contributed by atoms with Crippen molar-refractivity contribution in [1.82, 2.24) is 5.16 Å². The number of primary amides is 1. The molecular formula is C14H12ClFN2O2. The molecule has 1 amide bonds. The molecule has 0 spiro atoms. The maximum Gasteiger partial charge on any atom is 0.287 e. The van der Waals surface area contributed by atoms with Crippen LogP contribution in [0, 0.1) is 12.7 Å². The summed E-state index contributed by atoms with van der Waals surface area (Å²) in [5.74, 6) is -1.02. The number of amides is 1. The van der Waals surface area contributed by atoms with Crippen LogP contribution in [0.1, 0.15) is 45.3 Å². The van der Waals surface area contributed by atoms with Crippen molar-refractivity contribution in [2.75, 3.05) is 0 Å². The summed E-state index contributed by atoms with van der Waals surface area (Å²) in [5, 5.41) is 4.29. The summed E-state index contributed by atoms with van der Waals surface area (Å²) in [6.07, 6.45) is 1.32. The van der Waals surface area contributed by atoms with Gasteiger partial charge in [-0.3, -0.25) is 4.79 Å². The van der Waals surface area contributed by atoms with Crippen LogP contribution < -0.4 is 5.73 Å². The molecule has 0 unspecified atom stereocenters. The van der Waals surface area contributed by atoms with Crippen LogP contribution in [-0.2, 0) is 6.42 Å². The van der Waals surface area contributed by atoms with E-state index in [4.69, 9.17) is 21.9 Å². The molecule has 2 aromatic rings. The molecule has 1 heterocycles. The molecule has 104 valence electrons. The van der Waals surface area contributed by atoms with Gasteiger partial charge in [-0.15, -0.1) is 0 Å². The number of carbonyl (C=O) groups is 1. The standard InChI is InChI=1S/C14H12ClFN2O2/c1-6-12(18-20-13(6)14(17)19)9-3-2-8-10(9)4-7(15)5-11(8)16/h4-5,9H,2-3H2,1H3,(H2,17,19)/t9-/m1/s1. The lowest BCUT2D eigenvalue weighted by Gasteiger charge is -2.10. The van der Waals surface area contributed by atoms with Gasteiger partial charge in [0.1, 0.15) is 5.82 Å². The quantitative estimate of drug-likeness (QED) is 0.926. The molecule has 6 heteroatoms. The van der Waals surface area contributed by atoms with Crippen LogP contribution in [0.15, 0.2) is 16.7 Å². The zero-order valence-corrected chi connectivity index (χ0v) is 11.5. The monoisotopic (exact) mass is 294 g/mol. The number of carbonyl (C=O) groups excluding carboxylic acids is 1. The third kappa shape index (κ3) is 1.89. The number of rotatable bonds is 2. The van der Waals surface area contributed by atoms with E-state index in [0.29, 0.717) is 34.7 Å². The van der Waals surface area contributed by atoms with E-state index in [1.165, 1.54) is 6.07 Å². The topological polar surface area (TPSA) is 69.1 Å². The van der Waals surface area contributed by atoms with E-state index in [0.717, 1.165) is 5.56 Å². The van der Waals surface area contributed by atoms with Gasteiger partial charge in [-0.2, -0.15) is 0 Å². The van der Waals surface area contributed by atoms with Gasteiger partial charge in [-0.05, 0) is 43.0 Å². The van der Waals surface area contributed by atoms with Crippen molar-refractivity contribution < 1.29 is 13.7 Å². The molecule has 1 aliphatic carbocycles. The van der Waals surface area contributed by atoms with Gasteiger partial charge in [-0.25, -0.2) is 4.39 Å². The average Bonchev–Trinajstić information content (AvgIpc) is 2.92. The number of hydrogen-bond donors (Lipinski definition) is 1. The summed E-state index contributed by atoms with van der Waals surface area (Å²) in [4.78, 5) is 11.2. The second-order valence-electron chi connectivity index (χ2n) is 4.93. The molecule has 1 aliphatic rings. The van der Waals surface area contributed by atoms with Gasteiger partial charge in [0.15, 0.2) is 0 Å². The molecule has 1 atom stereocenters. The Kier molecular flexibility index (Phi) is 3.01. The molecule has 4 nitrogen and oxygen atoms in total. The van der Waals surface area contributed by atoms with Crippen LogP contribution in [0.2, 0.25) is 5.02 Å². The molecule has 2 N–H and O–H groups in total. The number of halogens is 2. The van der Waals surface area contributed by atoms with Crippen molar-refractivity contribution >= 4 is 17.5 Å². The van der Waals surface area contributed by atoms with Crippen molar-refractivity contribution in [1.29, 1.82) is 0 Å². The third-order valence-electron chi connectivity index (χ3n) is 3.77. The highest BCUT2D eigenvalue weighted by molar-refractivity contribution is 6.30. The minimum atomic E-state index is -0.656. The van der Waals surface area contributed by atoms with Gasteiger partial charge >= 0.3 is 0 Å². The highest BCUT2D eigenvalue weighted by atomic mass is 35.5. The maximum atomic E-state index is 13.9. The zero-order valence-electron chi connectivity index (χ0n) is 10.7. The summed E-state index contributed by atoms with van der Waals surface area (Å²) >= 11 is 5.92. The van der Waals surface area contributed by atoms with Gasteiger partial charge in [0, 0.05) is 16.5 Å². The number of hydrogen-bond acceptors (Lipinski definition) is 3. The number of nitrogens with zero attached hydrogens (tertiary/aromatic N) is 1. The van der Waals surface area contributed by atoms with E-state index in [9.17, 15) is 9.18 Å². The molecule has 20 heavy (non-hydrogen) atoms. The summed E-state index contributed by atoms with van der Waals surface area (Å²) in [6.45, 7) is 1.73. The van der Waals surface area contributed by atoms with Crippen molar-refractivity contribution in [3.05, 3.63) is 51.1 Å². The largest absolute Gasteiger partial charge is 0.363 e. The summed E-state index contributed by atoms with van der Waals surface area (Å²) in [7, 11) is 0. The van der Waals surface area contributed by atoms with E-state index in [1.54, 1.807) is 13.0 Å². The van der Waals surface area contributed by atoms with Crippen LogP contribution in [-0.4, -0.2) is 11.1 Å². The maximum absolute atomic E-state index is 13.9. The first-order valence-corrected chi connectivity index (χ1v) is 6.60. The van der Waals surface area contributed by atoms with Crippen LogP contribution >= 0.6 is 11.6 Å². The molecule has 3 rings (SSSR count). The fourth-order valence-electron chi connectivity index (χ4n) is 2.83. The minimum Gasteiger partial charge on any atom is -0.363 e. The fraction of sp³-hybridized carbons (Fsp3) is 0.286. The average molecular weight is 295 g/mol. The van der Waals surface area contributed by atoms with Gasteiger partial charge in [-0.1, -0.05) is 16.8 Å². The SMILES string of the molecule is Cc1c([C@@H]2CCc3c(F)cc(Cl)cc32)noc1C(N)=O. The van der Waals surface area contributed by atoms with Crippen molar-refractivity contribution in [3.8, 4) is 0 Å². The molecule has 1 aromatic carbocycles. The fourth-order valence-corrected chi connectivity index (χ4v) is 3.04. The van der Waals surface area contributed by atoms with E-state index in [-0.39, 0.29) is 17.5 Å². The normalized spacial score (nSPS) is 17.2. The third-order valence-corrected chi connectivity index (χ3v) is 3.99. The van der Waals surface area contributed by atoms with E-state index in [1.807, 2.05) is 0 Å². The van der Waals surface area contributed by atoms with Gasteiger partial charge in [0.2, 0.25) is 5.76 Å². The Morgan fingerprint density at radius 2 is 2.30 bits per heavy atom. The van der Waals surface area contributed by atoms with Gasteiger partial charge in [0.25, 0.3) is 5.91 Å². The van der Waals surface area contributed by atoms with Gasteiger partial charge < -0.3 is 10.3 Å². The molecule has 0 fully saturated rings. The number of aromatic nitrogens is 1. The van der Waals surface area contributed by atoms with E-state index in [2.05, 4.69) is 5.16 Å². The lowest BCUT2D eigenvalue weighted by molar-refractivity contribution is 0.0964. The summed E-state index contributed by atoms with van der Waals surface area (Å²) in [6, 6.07) is 3.06. The predicted octanol–water partition coefficient (Wildman–Crippen LogP) is 2.95. The molecule has 1 aromatic heterocycles. The van der Waals surface area contributed by atoms with Crippen LogP contribution in [0.25, 0.3) is 0 Å². The van der Waals surface area contributed by atoms with Crippen molar-refractivity contribution in [3.63, 3.8) is 0 Å². The van der Waals surface area contributed by atoms with Gasteiger partial charge in [0.05, 0.1) is 5.69 Å². The number of benzene rings is 1. The minimum absolute atomic E-state index is 0.0518. The first-order chi connectivity index (χ1) is 9.49. The summed E-state index contributed by atoms with van der Waals surface area (Å²) < 4.78 is 18.9. The lowest BCUT2D eigenvalue weighted by atomic mass is 9.94. The van der Waals surface area contributed by atoms with Crippen molar-refractivity contribution in [2.24, 2.45) is 5.73 Å². The molecule has 0 radical (unpaired) electrons. The van der Waals surface area contributed by atoms with Crippen molar-refractivity contribution in [2.45, 2.75) is 25.7 Å². The Morgan fingerprint density at radius 3 is 2.95 bits per heavy atom. The highest BCUT2D eigenvalue weighted by Crippen LogP contribution is 2.41. The predicted molar refractivity (Wildman–Crippen MR) is 71.3 cm³/mol. The Labute approximate surface area is 119 Å². The first kappa shape index (κ1) is 13.1.